The van der Waals surface area contributed by atoms with E-state index in [0.29, 0.717) is 0 Å². The van der Waals surface area contributed by atoms with Gasteiger partial charge in [0.05, 0.1) is 14.1 Å². The van der Waals surface area contributed by atoms with Gasteiger partial charge in [-0.05, 0) is 90.8 Å². The second kappa shape index (κ2) is 32.3. The van der Waals surface area contributed by atoms with Crippen LogP contribution in [0.4, 0.5) is 0 Å². The normalized spacial score (nSPS) is 9.76. The van der Waals surface area contributed by atoms with Crippen molar-refractivity contribution in [1.29, 1.82) is 0 Å². The highest BCUT2D eigenvalue weighted by Crippen LogP contribution is 2.03. The van der Waals surface area contributed by atoms with Crippen molar-refractivity contribution in [3.05, 3.63) is 224 Å². The zero-order valence-electron chi connectivity index (χ0n) is 51.0. The fraction of sp³-hybridized carbons (Fsp3) is 0.406. The predicted molar refractivity (Wildman–Crippen MR) is 302 cm³/mol. The summed E-state index contributed by atoms with van der Waals surface area (Å²) in [6.07, 6.45) is 12.0. The summed E-state index contributed by atoms with van der Waals surface area (Å²) < 4.78 is 16.9. The summed E-state index contributed by atoms with van der Waals surface area (Å²) in [4.78, 5) is 8.20. The molecular formula is C64H98N10+8. The maximum absolute atomic E-state index is 4.10. The van der Waals surface area contributed by atoms with Crippen LogP contribution in [0, 0.1) is 125 Å². The van der Waals surface area contributed by atoms with Gasteiger partial charge >= 0.3 is 0 Å². The van der Waals surface area contributed by atoms with E-state index in [2.05, 4.69) is 299 Å². The molecule has 0 aliphatic heterocycles. The van der Waals surface area contributed by atoms with Crippen LogP contribution in [-0.2, 0) is 56.4 Å². The van der Waals surface area contributed by atoms with Crippen LogP contribution >= 0.6 is 0 Å². The van der Waals surface area contributed by atoms with E-state index in [1.807, 2.05) is 51.1 Å². The van der Waals surface area contributed by atoms with Crippen molar-refractivity contribution < 1.29 is 36.5 Å². The first kappa shape index (κ1) is 65.1. The van der Waals surface area contributed by atoms with Crippen molar-refractivity contribution in [1.82, 2.24) is 9.97 Å². The molecule has 0 fully saturated rings. The summed E-state index contributed by atoms with van der Waals surface area (Å²) in [7, 11) is 16.4. The van der Waals surface area contributed by atoms with Crippen LogP contribution in [0.2, 0.25) is 0 Å². The minimum atomic E-state index is 1.05. The number of nitrogens with zero attached hydrogens (tertiary/aromatic N) is 10. The van der Waals surface area contributed by atoms with Crippen molar-refractivity contribution in [2.45, 2.75) is 125 Å². The van der Waals surface area contributed by atoms with E-state index >= 15 is 0 Å². The topological polar surface area (TPSA) is 56.8 Å². The molecule has 0 atom stereocenters. The largest absolute Gasteiger partial charge is 0.295 e. The Hall–Kier alpha value is -6.94. The van der Waals surface area contributed by atoms with Crippen molar-refractivity contribution >= 4 is 0 Å². The third-order valence-corrected chi connectivity index (χ3v) is 13.5. The third kappa shape index (κ3) is 23.7. The lowest BCUT2D eigenvalue weighted by Crippen LogP contribution is -2.36. The lowest BCUT2D eigenvalue weighted by atomic mass is 10.2. The smallest absolute Gasteiger partial charge is 0.237 e. The lowest BCUT2D eigenvalue weighted by molar-refractivity contribution is -0.687. The second-order valence-electron chi connectivity index (χ2n) is 19.9. The number of aryl methyl sites for hydroxylation is 21. The first-order valence-corrected chi connectivity index (χ1v) is 25.6. The van der Waals surface area contributed by atoms with E-state index in [9.17, 15) is 0 Å². The highest BCUT2D eigenvalue weighted by molar-refractivity contribution is 5.18. The van der Waals surface area contributed by atoms with Gasteiger partial charge in [0.1, 0.15) is 59.9 Å². The third-order valence-electron chi connectivity index (χ3n) is 13.5. The van der Waals surface area contributed by atoms with Gasteiger partial charge in [0.25, 0.3) is 12.2 Å². The molecule has 0 N–H and O–H groups in total. The minimum absolute atomic E-state index is 1.05. The maximum atomic E-state index is 4.10. The summed E-state index contributed by atoms with van der Waals surface area (Å²) in [5.74, 6) is 1.05. The summed E-state index contributed by atoms with van der Waals surface area (Å²) in [6, 6.07) is 29.6. The molecule has 0 unspecified atom stereocenters. The van der Waals surface area contributed by atoms with Gasteiger partial charge in [0.2, 0.25) is 0 Å². The summed E-state index contributed by atoms with van der Waals surface area (Å²) in [6.45, 7) is 37.7. The van der Waals surface area contributed by atoms with E-state index in [-0.39, 0.29) is 0 Å². The molecule has 0 radical (unpaired) electrons. The summed E-state index contributed by atoms with van der Waals surface area (Å²) in [5, 5.41) is 0. The molecule has 0 aromatic carbocycles. The zero-order chi connectivity index (χ0) is 56.6. The Balaban J connectivity index is 0.000000423. The first-order chi connectivity index (χ1) is 34.5. The van der Waals surface area contributed by atoms with E-state index in [1.165, 1.54) is 90.3 Å². The van der Waals surface area contributed by atoms with Crippen LogP contribution in [0.5, 0.6) is 0 Å². The Labute approximate surface area is 449 Å². The van der Waals surface area contributed by atoms with Crippen LogP contribution in [0.3, 0.4) is 0 Å². The van der Waals surface area contributed by atoms with Gasteiger partial charge in [-0.15, -0.1) is 0 Å². The van der Waals surface area contributed by atoms with Crippen molar-refractivity contribution in [3.8, 4) is 0 Å². The van der Waals surface area contributed by atoms with Crippen molar-refractivity contribution in [2.75, 3.05) is 0 Å². The number of rotatable bonds is 0. The predicted octanol–water partition coefficient (Wildman–Crippen LogP) is 8.43. The molecule has 74 heavy (non-hydrogen) atoms. The molecular weight excluding hydrogens is 909 g/mol. The standard InChI is InChI=1S/2C9H14N.4C8H12N.2C7H11N2/c1-7-5-8(2)9(3)10(4)6-7;1-7-5-8(2)10(4)9(3)6-7;1-7-4-5-9(3)8(2)6-7;1-7-4-5-8(2)9(3)6-7;1-7-5-4-6-9(3)8(7)2;1-7-5-4-6-8(2)9(7)3;1-6-4-7(2)9(3)5-8-6;1-6-4-5-8-7(2)9(6)3/h2*5-6H,1-4H3;4*4-6H,1-3H3;2*4-5H,1-3H3/q8*+1. The number of hydrogen-bond donors (Lipinski definition) is 0. The molecule has 0 spiro atoms. The molecule has 0 saturated carbocycles. The van der Waals surface area contributed by atoms with Gasteiger partial charge in [-0.2, -0.15) is 0 Å². The molecule has 10 nitrogen and oxygen atoms in total. The Kier molecular flexibility index (Phi) is 28.4. The fourth-order valence-corrected chi connectivity index (χ4v) is 7.05. The Morgan fingerprint density at radius 2 is 0.824 bits per heavy atom. The Bertz CT molecular complexity index is 2630. The minimum Gasteiger partial charge on any atom is -0.237 e. The number of pyridine rings is 6. The second-order valence-corrected chi connectivity index (χ2v) is 19.9. The molecule has 0 aliphatic rings. The molecule has 0 amide bonds. The molecule has 8 rings (SSSR count). The van der Waals surface area contributed by atoms with Crippen LogP contribution in [0.25, 0.3) is 0 Å². The maximum Gasteiger partial charge on any atom is 0.295 e. The monoisotopic (exact) mass is 1010 g/mol. The fourth-order valence-electron chi connectivity index (χ4n) is 7.05. The average Bonchev–Trinajstić information content (AvgIpc) is 3.33. The van der Waals surface area contributed by atoms with Gasteiger partial charge < -0.3 is 0 Å². The van der Waals surface area contributed by atoms with Crippen molar-refractivity contribution in [3.63, 3.8) is 0 Å². The summed E-state index contributed by atoms with van der Waals surface area (Å²) >= 11 is 0. The Morgan fingerprint density at radius 1 is 0.311 bits per heavy atom. The molecule has 0 saturated heterocycles. The van der Waals surface area contributed by atoms with E-state index < -0.39 is 0 Å². The number of hydrogen-bond acceptors (Lipinski definition) is 2. The van der Waals surface area contributed by atoms with Crippen molar-refractivity contribution in [2.24, 2.45) is 56.4 Å². The molecule has 0 aliphatic carbocycles. The van der Waals surface area contributed by atoms with Gasteiger partial charge in [-0.3, -0.25) is 0 Å². The average molecular weight is 1010 g/mol. The van der Waals surface area contributed by atoms with E-state index in [4.69, 9.17) is 0 Å². The SMILES string of the molecule is Cc1cc(C)[n+](C)c(C)c1.Cc1cc(C)[n+](C)cn1.Cc1cc(C)c(C)[n+](C)c1.Cc1cc[n+](C)c(C)c1.Cc1ccc(C)[n+](C)c1.Cc1ccc[n+](C)c1C.Cc1cccc(C)[n+]1C.Cc1ccnc(C)[n+]1C. The molecule has 396 valence electrons. The van der Waals surface area contributed by atoms with Gasteiger partial charge in [0, 0.05) is 152 Å². The van der Waals surface area contributed by atoms with Crippen LogP contribution < -0.4 is 36.5 Å². The van der Waals surface area contributed by atoms with Crippen LogP contribution in [-0.4, -0.2) is 9.97 Å². The Morgan fingerprint density at radius 3 is 1.26 bits per heavy atom. The van der Waals surface area contributed by atoms with Gasteiger partial charge in [0.15, 0.2) is 76.0 Å². The number of aromatic nitrogens is 10. The van der Waals surface area contributed by atoms with E-state index in [1.54, 1.807) is 0 Å². The molecule has 10 heteroatoms. The molecule has 8 aromatic rings. The zero-order valence-corrected chi connectivity index (χ0v) is 51.0. The quantitative estimate of drug-likeness (QED) is 0.144. The highest BCUT2D eigenvalue weighted by atomic mass is 15.0. The van der Waals surface area contributed by atoms with Gasteiger partial charge in [-0.25, -0.2) is 36.5 Å². The van der Waals surface area contributed by atoms with E-state index in [0.717, 1.165) is 11.5 Å². The highest BCUT2D eigenvalue weighted by Gasteiger charge is 2.06. The molecule has 0 bridgehead atoms. The van der Waals surface area contributed by atoms with Crippen LogP contribution in [0.15, 0.2) is 122 Å². The molecule has 8 heterocycles. The lowest BCUT2D eigenvalue weighted by Gasteiger charge is -1.98. The molecule has 8 aromatic heterocycles. The first-order valence-electron chi connectivity index (χ1n) is 25.6. The van der Waals surface area contributed by atoms with Gasteiger partial charge in [-0.1, -0.05) is 9.97 Å². The van der Waals surface area contributed by atoms with Crippen LogP contribution in [0.1, 0.15) is 102 Å². The summed E-state index contributed by atoms with van der Waals surface area (Å²) in [5.41, 5.74) is 22.1.